The van der Waals surface area contributed by atoms with Gasteiger partial charge >= 0.3 is 0 Å². The first-order valence-corrected chi connectivity index (χ1v) is 16.9. The Bertz CT molecular complexity index is 1060. The number of rotatable bonds is 3. The Balaban J connectivity index is -0.000000118. The zero-order valence-corrected chi connectivity index (χ0v) is 31.8. The van der Waals surface area contributed by atoms with Crippen LogP contribution < -0.4 is 15.3 Å². The molecule has 4 aromatic carbocycles. The minimum atomic E-state index is -0.911. The van der Waals surface area contributed by atoms with Gasteiger partial charge in [-0.15, -0.1) is 0 Å². The first kappa shape index (κ1) is 47.7. The average Bonchev–Trinajstić information content (AvgIpc) is 3.14. The van der Waals surface area contributed by atoms with Gasteiger partial charge in [0.15, 0.2) is 0 Å². The van der Waals surface area contributed by atoms with E-state index in [2.05, 4.69) is 56.5 Å². The monoisotopic (exact) mass is 664 g/mol. The topological polar surface area (TPSA) is 106 Å². The smallest absolute Gasteiger partial charge is 0.0663 e. The van der Waals surface area contributed by atoms with Crippen molar-refractivity contribution in [2.75, 3.05) is 0 Å². The molecule has 48 heavy (non-hydrogen) atoms. The van der Waals surface area contributed by atoms with Crippen molar-refractivity contribution < 1.29 is 19.4 Å². The molecule has 6 nitrogen and oxygen atoms in total. The minimum Gasteiger partial charge on any atom is -0.864 e. The van der Waals surface area contributed by atoms with Crippen molar-refractivity contribution in [2.24, 2.45) is 15.0 Å². The van der Waals surface area contributed by atoms with Gasteiger partial charge in [0.2, 0.25) is 0 Å². The second kappa shape index (κ2) is 61.3. The molecule has 0 saturated heterocycles. The van der Waals surface area contributed by atoms with Crippen molar-refractivity contribution in [2.45, 2.75) is 102 Å². The van der Waals surface area contributed by atoms with Crippen LogP contribution in [0.3, 0.4) is 0 Å². The summed E-state index contributed by atoms with van der Waals surface area (Å²) in [5.74, 6) is 0. The fourth-order valence-electron chi connectivity index (χ4n) is 2.05. The van der Waals surface area contributed by atoms with E-state index in [-0.39, 0.29) is 0 Å². The van der Waals surface area contributed by atoms with Crippen molar-refractivity contribution in [3.63, 3.8) is 0 Å². The molecule has 0 bridgehead atoms. The molecule has 0 aliphatic carbocycles. The molecule has 4 aromatic rings. The second-order valence-corrected chi connectivity index (χ2v) is 7.89. The molecular formula is C42H66N3O3-3. The molecule has 0 atom stereocenters. The Hall–Kier alpha value is -4.71. The van der Waals surface area contributed by atoms with E-state index in [4.69, 9.17) is 4.11 Å². The first-order valence-electron chi connectivity index (χ1n) is 18.4. The number of nitrogens with zero attached hydrogens (tertiary/aromatic N) is 3. The standard InChI is InChI=1S/3C7H7NO.C6H6.3C3H8.3C2H6/c3*9-6-8-7-4-2-1-3-5-7;1-2-4-6-5-3-1;3*1-3-2;3*1-2/h3*1-6H,(H,8,9);1-6H;3*3H2,1-2H3;3*1-2H3/p-3/i3*6D;;;;;;;. The zero-order valence-electron chi connectivity index (χ0n) is 34.8. The summed E-state index contributed by atoms with van der Waals surface area (Å²) in [6.45, 7) is 24.8. The van der Waals surface area contributed by atoms with Crippen LogP contribution in [-0.2, 0) is 0 Å². The summed E-state index contributed by atoms with van der Waals surface area (Å²) in [5, 5.41) is 30.3. The molecule has 0 amide bonds. The molecule has 0 fully saturated rings. The average molecular weight is 664 g/mol. The van der Waals surface area contributed by atoms with Gasteiger partial charge in [0.25, 0.3) is 0 Å². The highest BCUT2D eigenvalue weighted by Crippen LogP contribution is 2.08. The highest BCUT2D eigenvalue weighted by Gasteiger charge is 1.79. The Kier molecular flexibility index (Phi) is 60.9. The maximum absolute atomic E-state index is 10.1. The van der Waals surface area contributed by atoms with Crippen LogP contribution >= 0.6 is 0 Å². The summed E-state index contributed by atoms with van der Waals surface area (Å²) in [6.07, 6.45) is 1.02. The molecule has 0 unspecified atom stereocenters. The van der Waals surface area contributed by atoms with Crippen molar-refractivity contribution >= 4 is 36.2 Å². The molecule has 0 aliphatic rings. The molecular weight excluding hydrogens is 594 g/mol. The van der Waals surface area contributed by atoms with E-state index >= 15 is 0 Å². The third-order valence-corrected chi connectivity index (χ3v) is 3.46. The quantitative estimate of drug-likeness (QED) is 0.161. The summed E-state index contributed by atoms with van der Waals surface area (Å²) in [4.78, 5) is 10.2. The molecule has 0 aliphatic heterocycles. The van der Waals surface area contributed by atoms with E-state index in [9.17, 15) is 15.3 Å². The van der Waals surface area contributed by atoms with Crippen LogP contribution in [0.1, 0.15) is 106 Å². The maximum Gasteiger partial charge on any atom is 0.0663 e. The molecule has 4 rings (SSSR count). The summed E-state index contributed by atoms with van der Waals surface area (Å²) < 4.78 is 19.5. The van der Waals surface area contributed by atoms with Crippen LogP contribution in [0, 0.1) is 0 Å². The molecule has 0 saturated carbocycles. The Morgan fingerprint density at radius 2 is 0.500 bits per heavy atom. The molecule has 0 aromatic heterocycles. The third-order valence-electron chi connectivity index (χ3n) is 3.46. The van der Waals surface area contributed by atoms with E-state index < -0.39 is 19.1 Å². The van der Waals surface area contributed by atoms with Crippen LogP contribution in [0.25, 0.3) is 0 Å². The number of hydrogen-bond acceptors (Lipinski definition) is 6. The van der Waals surface area contributed by atoms with Crippen LogP contribution in [0.4, 0.5) is 17.1 Å². The normalized spacial score (nSPS) is 9.75. The Labute approximate surface area is 300 Å². The molecule has 0 radical (unpaired) electrons. The Morgan fingerprint density at radius 3 is 0.625 bits per heavy atom. The third kappa shape index (κ3) is 57.0. The van der Waals surface area contributed by atoms with Crippen LogP contribution in [0.2, 0.25) is 0 Å². The number of aliphatic imine (C=N–C) groups is 3. The van der Waals surface area contributed by atoms with Crippen LogP contribution in [0.15, 0.2) is 142 Å². The van der Waals surface area contributed by atoms with Gasteiger partial charge in [-0.05, 0) is 36.4 Å². The number of benzene rings is 4. The van der Waals surface area contributed by atoms with Crippen LogP contribution in [0.5, 0.6) is 0 Å². The predicted octanol–water partition coefficient (Wildman–Crippen LogP) is 11.1. The van der Waals surface area contributed by atoms with E-state index in [0.717, 1.165) is 0 Å². The summed E-state index contributed by atoms with van der Waals surface area (Å²) in [6, 6.07) is 38.1. The number of para-hydroxylation sites is 3. The zero-order chi connectivity index (χ0) is 40.6. The molecule has 0 spiro atoms. The van der Waals surface area contributed by atoms with Gasteiger partial charge < -0.3 is 15.3 Å². The minimum absolute atomic E-state index is 0.530. The van der Waals surface area contributed by atoms with Gasteiger partial charge in [-0.2, -0.15) is 0 Å². The van der Waals surface area contributed by atoms with E-state index in [1.807, 2.05) is 96.1 Å². The van der Waals surface area contributed by atoms with Gasteiger partial charge in [-0.1, -0.05) is 212 Å². The lowest BCUT2D eigenvalue weighted by molar-refractivity contribution is -0.201. The van der Waals surface area contributed by atoms with Crippen molar-refractivity contribution in [1.82, 2.24) is 0 Å². The van der Waals surface area contributed by atoms with Gasteiger partial charge in [-0.25, -0.2) is 0 Å². The predicted molar refractivity (Wildman–Crippen MR) is 212 cm³/mol. The fourth-order valence-corrected chi connectivity index (χ4v) is 2.05. The largest absolute Gasteiger partial charge is 0.864 e. The first-order chi connectivity index (χ1) is 24.6. The molecule has 6 heteroatoms. The Morgan fingerprint density at radius 1 is 0.375 bits per heavy atom. The maximum atomic E-state index is 10.1. The lowest BCUT2D eigenvalue weighted by Crippen LogP contribution is -1.94. The van der Waals surface area contributed by atoms with Gasteiger partial charge in [0, 0.05) is 0 Å². The van der Waals surface area contributed by atoms with Gasteiger partial charge in [0.05, 0.1) is 21.2 Å². The summed E-state index contributed by atoms with van der Waals surface area (Å²) in [7, 11) is 0. The van der Waals surface area contributed by atoms with Gasteiger partial charge in [-0.3, -0.25) is 15.0 Å². The second-order valence-electron chi connectivity index (χ2n) is 7.89. The number of hydrogen-bond donors (Lipinski definition) is 0. The van der Waals surface area contributed by atoms with E-state index in [0.29, 0.717) is 17.1 Å². The van der Waals surface area contributed by atoms with Crippen LogP contribution in [-0.4, -0.2) is 19.1 Å². The van der Waals surface area contributed by atoms with Crippen molar-refractivity contribution in [3.8, 4) is 0 Å². The highest BCUT2D eigenvalue weighted by atomic mass is 16.3. The molecule has 0 N–H and O–H groups in total. The lowest BCUT2D eigenvalue weighted by Gasteiger charge is -1.91. The SMILES string of the molecule is CC.CC.CC.CCC.CCC.CCC.[2H]C([O-])=Nc1ccccc1.[2H]C([O-])=Nc1ccccc1.[2H]C([O-])=Nc1ccccc1.c1ccccc1. The van der Waals surface area contributed by atoms with E-state index in [1.165, 1.54) is 19.3 Å². The lowest BCUT2D eigenvalue weighted by atomic mass is 10.3. The van der Waals surface area contributed by atoms with Crippen molar-refractivity contribution in [1.29, 1.82) is 0 Å². The summed E-state index contributed by atoms with van der Waals surface area (Å²) >= 11 is 0. The molecule has 0 heterocycles. The van der Waals surface area contributed by atoms with Gasteiger partial charge in [0.1, 0.15) is 0 Å². The summed E-state index contributed by atoms with van der Waals surface area (Å²) in [5.41, 5.74) is 1.59. The molecule has 270 valence electrons. The fraction of sp³-hybridized carbons (Fsp3) is 0.357. The highest BCUT2D eigenvalue weighted by molar-refractivity contribution is 5.52. The van der Waals surface area contributed by atoms with Crippen molar-refractivity contribution in [3.05, 3.63) is 127 Å². The van der Waals surface area contributed by atoms with E-state index in [1.54, 1.807) is 72.8 Å².